The molecule has 1 rings (SSSR count). The highest BCUT2D eigenvalue weighted by atomic mass is 32.1. The third kappa shape index (κ3) is 6.66. The van der Waals surface area contributed by atoms with Crippen molar-refractivity contribution in [3.05, 3.63) is 16.1 Å². The van der Waals surface area contributed by atoms with Crippen molar-refractivity contribution in [2.45, 2.75) is 26.3 Å². The van der Waals surface area contributed by atoms with Gasteiger partial charge in [-0.2, -0.15) is 0 Å². The highest BCUT2D eigenvalue weighted by Gasteiger charge is 2.12. The number of thiazole rings is 1. The number of rotatable bonds is 9. The Morgan fingerprint density at radius 3 is 2.74 bits per heavy atom. The van der Waals surface area contributed by atoms with Crippen LogP contribution in [-0.4, -0.2) is 59.6 Å². The van der Waals surface area contributed by atoms with E-state index in [1.165, 1.54) is 0 Å². The smallest absolute Gasteiger partial charge is 0.317 e. The quantitative estimate of drug-likeness (QED) is 0.746. The van der Waals surface area contributed by atoms with E-state index in [1.54, 1.807) is 11.3 Å². The summed E-state index contributed by atoms with van der Waals surface area (Å²) >= 11 is 1.66. The molecule has 1 N–H and O–H groups in total. The van der Waals surface area contributed by atoms with Crippen LogP contribution in [0, 0.1) is 0 Å². The fraction of sp³-hybridized carbons (Fsp3) is 0.692. The average molecular weight is 285 g/mol. The summed E-state index contributed by atoms with van der Waals surface area (Å²) in [6, 6.07) is 0. The molecule has 1 aromatic rings. The number of aliphatic carboxylic acids is 1. The average Bonchev–Trinajstić information content (AvgIpc) is 2.73. The van der Waals surface area contributed by atoms with Crippen LogP contribution in [0.1, 0.15) is 24.0 Å². The van der Waals surface area contributed by atoms with E-state index in [2.05, 4.69) is 16.8 Å². The maximum absolute atomic E-state index is 10.9. The second kappa shape index (κ2) is 8.24. The number of carbonyl (C=O) groups is 1. The van der Waals surface area contributed by atoms with Gasteiger partial charge in [-0.15, -0.1) is 11.3 Å². The molecule has 0 fully saturated rings. The van der Waals surface area contributed by atoms with E-state index in [1.807, 2.05) is 24.4 Å². The largest absolute Gasteiger partial charge is 0.480 e. The molecule has 0 bridgehead atoms. The summed E-state index contributed by atoms with van der Waals surface area (Å²) in [6.45, 7) is 4.39. The fourth-order valence-electron chi connectivity index (χ4n) is 1.73. The van der Waals surface area contributed by atoms with Crippen molar-refractivity contribution in [3.8, 4) is 0 Å². The number of carboxylic acid groups (broad SMARTS) is 1. The fourth-order valence-corrected chi connectivity index (χ4v) is 2.62. The van der Waals surface area contributed by atoms with E-state index in [0.29, 0.717) is 6.54 Å². The van der Waals surface area contributed by atoms with E-state index in [9.17, 15) is 4.79 Å². The Balaban J connectivity index is 2.56. The normalized spacial score (nSPS) is 11.4. The SMILES string of the molecule is CCCc1nc(CN(CCN(C)C)CC(=O)O)cs1. The highest BCUT2D eigenvalue weighted by molar-refractivity contribution is 7.09. The molecule has 6 heteroatoms. The lowest BCUT2D eigenvalue weighted by Gasteiger charge is -2.21. The summed E-state index contributed by atoms with van der Waals surface area (Å²) in [4.78, 5) is 19.4. The van der Waals surface area contributed by atoms with Crippen LogP contribution >= 0.6 is 11.3 Å². The molecule has 0 aliphatic heterocycles. The number of hydrogen-bond donors (Lipinski definition) is 1. The second-order valence-electron chi connectivity index (χ2n) is 4.89. The molecule has 0 saturated carbocycles. The minimum Gasteiger partial charge on any atom is -0.480 e. The van der Waals surface area contributed by atoms with Crippen LogP contribution in [0.5, 0.6) is 0 Å². The molecule has 5 nitrogen and oxygen atoms in total. The number of hydrogen-bond acceptors (Lipinski definition) is 5. The van der Waals surface area contributed by atoms with Crippen molar-refractivity contribution in [2.75, 3.05) is 33.7 Å². The van der Waals surface area contributed by atoms with Gasteiger partial charge in [-0.3, -0.25) is 9.69 Å². The number of aromatic nitrogens is 1. The van der Waals surface area contributed by atoms with Crippen molar-refractivity contribution >= 4 is 17.3 Å². The number of carboxylic acids is 1. The summed E-state index contributed by atoms with van der Waals surface area (Å²) in [5, 5.41) is 12.1. The van der Waals surface area contributed by atoms with E-state index in [4.69, 9.17) is 5.11 Å². The zero-order chi connectivity index (χ0) is 14.3. The third-order valence-corrected chi connectivity index (χ3v) is 3.63. The lowest BCUT2D eigenvalue weighted by atomic mass is 10.3. The maximum atomic E-state index is 10.9. The molecule has 108 valence electrons. The van der Waals surface area contributed by atoms with Gasteiger partial charge < -0.3 is 10.0 Å². The van der Waals surface area contributed by atoms with Crippen molar-refractivity contribution in [1.29, 1.82) is 0 Å². The molecule has 1 heterocycles. The Morgan fingerprint density at radius 2 is 2.16 bits per heavy atom. The predicted molar refractivity (Wildman–Crippen MR) is 77.6 cm³/mol. The van der Waals surface area contributed by atoms with Crippen molar-refractivity contribution < 1.29 is 9.90 Å². The third-order valence-electron chi connectivity index (χ3n) is 2.67. The van der Waals surface area contributed by atoms with Gasteiger partial charge in [-0.1, -0.05) is 6.92 Å². The van der Waals surface area contributed by atoms with Crippen LogP contribution in [0.4, 0.5) is 0 Å². The number of aryl methyl sites for hydroxylation is 1. The van der Waals surface area contributed by atoms with Crippen LogP contribution in [0.15, 0.2) is 5.38 Å². The second-order valence-corrected chi connectivity index (χ2v) is 5.83. The topological polar surface area (TPSA) is 56.7 Å². The molecule has 0 aliphatic carbocycles. The standard InChI is InChI=1S/C13H23N3O2S/c1-4-5-12-14-11(10-19-12)8-16(9-13(17)18)7-6-15(2)3/h10H,4-9H2,1-3H3,(H,17,18). The van der Waals surface area contributed by atoms with Gasteiger partial charge in [0.15, 0.2) is 0 Å². The van der Waals surface area contributed by atoms with Gasteiger partial charge in [-0.05, 0) is 26.9 Å². The Labute approximate surface area is 118 Å². The first kappa shape index (κ1) is 16.1. The number of likely N-dealkylation sites (N-methyl/N-ethyl adjacent to an activating group) is 1. The maximum Gasteiger partial charge on any atom is 0.317 e. The lowest BCUT2D eigenvalue weighted by molar-refractivity contribution is -0.138. The minimum absolute atomic E-state index is 0.0640. The Bertz CT molecular complexity index is 393. The van der Waals surface area contributed by atoms with E-state index >= 15 is 0 Å². The Kier molecular flexibility index (Phi) is 6.97. The summed E-state index contributed by atoms with van der Waals surface area (Å²) in [5.41, 5.74) is 0.980. The van der Waals surface area contributed by atoms with Gasteiger partial charge >= 0.3 is 5.97 Å². The molecule has 19 heavy (non-hydrogen) atoms. The monoisotopic (exact) mass is 285 g/mol. The molecule has 0 unspecified atom stereocenters. The van der Waals surface area contributed by atoms with Crippen molar-refractivity contribution in [3.63, 3.8) is 0 Å². The van der Waals surface area contributed by atoms with Crippen LogP contribution in [-0.2, 0) is 17.8 Å². The van der Waals surface area contributed by atoms with Gasteiger partial charge in [0.2, 0.25) is 0 Å². The van der Waals surface area contributed by atoms with Crippen molar-refractivity contribution in [2.24, 2.45) is 0 Å². The molecule has 0 saturated heterocycles. The van der Waals surface area contributed by atoms with E-state index in [-0.39, 0.29) is 6.54 Å². The molecular formula is C13H23N3O2S. The van der Waals surface area contributed by atoms with Gasteiger partial charge in [0, 0.05) is 25.0 Å². The van der Waals surface area contributed by atoms with Crippen LogP contribution in [0.2, 0.25) is 0 Å². The predicted octanol–water partition coefficient (Wildman–Crippen LogP) is 1.54. The Hall–Kier alpha value is -0.980. The van der Waals surface area contributed by atoms with Crippen molar-refractivity contribution in [1.82, 2.24) is 14.8 Å². The zero-order valence-corrected chi connectivity index (χ0v) is 12.7. The first-order valence-electron chi connectivity index (χ1n) is 6.53. The zero-order valence-electron chi connectivity index (χ0n) is 11.9. The molecule has 0 aliphatic rings. The summed E-state index contributed by atoms with van der Waals surface area (Å²) in [6.07, 6.45) is 2.09. The summed E-state index contributed by atoms with van der Waals surface area (Å²) < 4.78 is 0. The van der Waals surface area contributed by atoms with Gasteiger partial charge in [0.25, 0.3) is 0 Å². The van der Waals surface area contributed by atoms with Crippen LogP contribution < -0.4 is 0 Å². The first-order chi connectivity index (χ1) is 9.01. The molecular weight excluding hydrogens is 262 g/mol. The van der Waals surface area contributed by atoms with E-state index < -0.39 is 5.97 Å². The highest BCUT2D eigenvalue weighted by Crippen LogP contribution is 2.13. The van der Waals surface area contributed by atoms with Crippen LogP contribution in [0.3, 0.4) is 0 Å². The summed E-state index contributed by atoms with van der Waals surface area (Å²) in [5.74, 6) is -0.789. The van der Waals surface area contributed by atoms with E-state index in [0.717, 1.165) is 36.6 Å². The molecule has 1 aromatic heterocycles. The molecule has 0 amide bonds. The Morgan fingerprint density at radius 1 is 1.42 bits per heavy atom. The first-order valence-corrected chi connectivity index (χ1v) is 7.41. The summed E-state index contributed by atoms with van der Waals surface area (Å²) in [7, 11) is 3.97. The van der Waals surface area contributed by atoms with Crippen LogP contribution in [0.25, 0.3) is 0 Å². The lowest BCUT2D eigenvalue weighted by Crippen LogP contribution is -2.35. The molecule has 0 atom stereocenters. The molecule has 0 radical (unpaired) electrons. The van der Waals surface area contributed by atoms with Gasteiger partial charge in [-0.25, -0.2) is 4.98 Å². The minimum atomic E-state index is -0.789. The number of nitrogens with zero attached hydrogens (tertiary/aromatic N) is 3. The van der Waals surface area contributed by atoms with Gasteiger partial charge in [0.05, 0.1) is 17.2 Å². The molecule has 0 spiro atoms. The molecule has 0 aromatic carbocycles. The van der Waals surface area contributed by atoms with Gasteiger partial charge in [0.1, 0.15) is 0 Å².